The zero-order valence-corrected chi connectivity index (χ0v) is 10.4. The van der Waals surface area contributed by atoms with Crippen molar-refractivity contribution in [3.63, 3.8) is 0 Å². The van der Waals surface area contributed by atoms with E-state index in [0.717, 1.165) is 0 Å². The number of morpholine rings is 1. The molecule has 0 saturated carbocycles. The van der Waals surface area contributed by atoms with E-state index in [0.29, 0.717) is 38.5 Å². The largest absolute Gasteiger partial charge is 0.378 e. The Bertz CT molecular complexity index is 419. The molecule has 0 radical (unpaired) electrons. The summed E-state index contributed by atoms with van der Waals surface area (Å²) in [5.74, 6) is -0.374. The van der Waals surface area contributed by atoms with Crippen LogP contribution in [0.3, 0.4) is 0 Å². The number of carbonyl (C=O) groups is 1. The molecule has 1 heterocycles. The second kappa shape index (κ2) is 5.82. The van der Waals surface area contributed by atoms with Crippen molar-refractivity contribution in [2.75, 3.05) is 37.7 Å². The van der Waals surface area contributed by atoms with Gasteiger partial charge in [-0.2, -0.15) is 0 Å². The van der Waals surface area contributed by atoms with Gasteiger partial charge >= 0.3 is 6.03 Å². The van der Waals surface area contributed by atoms with E-state index in [1.165, 1.54) is 11.0 Å². The fourth-order valence-corrected chi connectivity index (χ4v) is 2.00. The molecule has 0 aromatic heterocycles. The molecule has 1 aliphatic rings. The Hall–Kier alpha value is -1.62. The van der Waals surface area contributed by atoms with Gasteiger partial charge in [-0.3, -0.25) is 4.90 Å². The van der Waals surface area contributed by atoms with Gasteiger partial charge in [0.25, 0.3) is 0 Å². The fraction of sp³-hybridized carbons (Fsp3) is 0.462. The Kier molecular flexibility index (Phi) is 4.15. The van der Waals surface area contributed by atoms with Gasteiger partial charge in [0.05, 0.1) is 18.9 Å². The molecule has 2 rings (SSSR count). The van der Waals surface area contributed by atoms with Crippen LogP contribution in [0, 0.1) is 5.82 Å². The van der Waals surface area contributed by atoms with Crippen LogP contribution in [0.4, 0.5) is 14.9 Å². The SMILES string of the molecule is CCN(C(=O)N1CCOCC1)c1ccccc1F. The highest BCUT2D eigenvalue weighted by atomic mass is 19.1. The average molecular weight is 252 g/mol. The zero-order chi connectivity index (χ0) is 13.0. The van der Waals surface area contributed by atoms with Crippen molar-refractivity contribution in [2.45, 2.75) is 6.92 Å². The molecule has 1 aromatic carbocycles. The third kappa shape index (κ3) is 2.61. The van der Waals surface area contributed by atoms with Gasteiger partial charge in [-0.15, -0.1) is 0 Å². The van der Waals surface area contributed by atoms with Gasteiger partial charge in [0.15, 0.2) is 0 Å². The van der Waals surface area contributed by atoms with Crippen LogP contribution in [0.15, 0.2) is 24.3 Å². The first-order valence-corrected chi connectivity index (χ1v) is 6.12. The minimum Gasteiger partial charge on any atom is -0.378 e. The van der Waals surface area contributed by atoms with Crippen LogP contribution < -0.4 is 4.90 Å². The van der Waals surface area contributed by atoms with Gasteiger partial charge in [-0.05, 0) is 19.1 Å². The lowest BCUT2D eigenvalue weighted by Crippen LogP contribution is -2.48. The molecule has 0 aliphatic carbocycles. The van der Waals surface area contributed by atoms with Crippen LogP contribution in [0.5, 0.6) is 0 Å². The summed E-state index contributed by atoms with van der Waals surface area (Å²) in [7, 11) is 0. The number of nitrogens with zero attached hydrogens (tertiary/aromatic N) is 2. The van der Waals surface area contributed by atoms with Crippen molar-refractivity contribution in [3.05, 3.63) is 30.1 Å². The summed E-state index contributed by atoms with van der Waals surface area (Å²) in [4.78, 5) is 15.5. The molecule has 1 aromatic rings. The molecular formula is C13H17FN2O2. The summed E-state index contributed by atoms with van der Waals surface area (Å²) in [6.07, 6.45) is 0. The maximum Gasteiger partial charge on any atom is 0.324 e. The highest BCUT2D eigenvalue weighted by Crippen LogP contribution is 2.20. The van der Waals surface area contributed by atoms with E-state index in [1.54, 1.807) is 23.1 Å². The number of halogens is 1. The number of carbonyl (C=O) groups excluding carboxylic acids is 1. The van der Waals surface area contributed by atoms with Gasteiger partial charge in [0.1, 0.15) is 5.82 Å². The van der Waals surface area contributed by atoms with Gasteiger partial charge in [0, 0.05) is 19.6 Å². The van der Waals surface area contributed by atoms with Crippen LogP contribution in [0.1, 0.15) is 6.92 Å². The Balaban J connectivity index is 2.17. The Morgan fingerprint density at radius 1 is 1.39 bits per heavy atom. The van der Waals surface area contributed by atoms with E-state index in [2.05, 4.69) is 0 Å². The summed E-state index contributed by atoms with van der Waals surface area (Å²) in [5.41, 5.74) is 0.330. The predicted octanol–water partition coefficient (Wildman–Crippen LogP) is 2.10. The zero-order valence-electron chi connectivity index (χ0n) is 10.4. The second-order valence-corrected chi connectivity index (χ2v) is 4.08. The first-order chi connectivity index (χ1) is 8.74. The summed E-state index contributed by atoms with van der Waals surface area (Å²) in [6, 6.07) is 6.17. The molecule has 18 heavy (non-hydrogen) atoms. The highest BCUT2D eigenvalue weighted by molar-refractivity contribution is 5.92. The van der Waals surface area contributed by atoms with E-state index in [9.17, 15) is 9.18 Å². The molecule has 1 aliphatic heterocycles. The fourth-order valence-electron chi connectivity index (χ4n) is 2.00. The maximum atomic E-state index is 13.7. The van der Waals surface area contributed by atoms with E-state index in [1.807, 2.05) is 6.92 Å². The predicted molar refractivity (Wildman–Crippen MR) is 67.2 cm³/mol. The van der Waals surface area contributed by atoms with E-state index >= 15 is 0 Å². The van der Waals surface area contributed by atoms with E-state index in [-0.39, 0.29) is 11.8 Å². The summed E-state index contributed by atoms with van der Waals surface area (Å²) in [5, 5.41) is 0. The molecule has 2 amide bonds. The van der Waals surface area contributed by atoms with Crippen molar-refractivity contribution >= 4 is 11.7 Å². The molecule has 4 nitrogen and oxygen atoms in total. The van der Waals surface area contributed by atoms with Gasteiger partial charge in [0.2, 0.25) is 0 Å². The number of benzene rings is 1. The van der Waals surface area contributed by atoms with Crippen LogP contribution in [0.25, 0.3) is 0 Å². The monoisotopic (exact) mass is 252 g/mol. The van der Waals surface area contributed by atoms with Crippen molar-refractivity contribution in [3.8, 4) is 0 Å². The van der Waals surface area contributed by atoms with E-state index < -0.39 is 0 Å². The van der Waals surface area contributed by atoms with Crippen LogP contribution >= 0.6 is 0 Å². The molecule has 1 fully saturated rings. The number of hydrogen-bond acceptors (Lipinski definition) is 2. The topological polar surface area (TPSA) is 32.8 Å². The third-order valence-electron chi connectivity index (χ3n) is 2.97. The number of para-hydroxylation sites is 1. The molecule has 1 saturated heterocycles. The van der Waals surface area contributed by atoms with Crippen LogP contribution in [-0.4, -0.2) is 43.8 Å². The minimum atomic E-state index is -0.374. The van der Waals surface area contributed by atoms with Gasteiger partial charge < -0.3 is 9.64 Å². The summed E-state index contributed by atoms with van der Waals surface area (Å²) in [6.45, 7) is 4.48. The second-order valence-electron chi connectivity index (χ2n) is 4.08. The Morgan fingerprint density at radius 3 is 2.67 bits per heavy atom. The quantitative estimate of drug-likeness (QED) is 0.807. The number of urea groups is 1. The summed E-state index contributed by atoms with van der Waals surface area (Å²) >= 11 is 0. The Morgan fingerprint density at radius 2 is 2.06 bits per heavy atom. The lowest BCUT2D eigenvalue weighted by Gasteiger charge is -2.32. The number of ether oxygens (including phenoxy) is 1. The molecule has 5 heteroatoms. The Labute approximate surface area is 106 Å². The molecule has 0 atom stereocenters. The number of rotatable bonds is 2. The number of amides is 2. The van der Waals surface area contributed by atoms with Gasteiger partial charge in [-0.25, -0.2) is 9.18 Å². The minimum absolute atomic E-state index is 0.161. The maximum absolute atomic E-state index is 13.7. The van der Waals surface area contributed by atoms with Crippen molar-refractivity contribution < 1.29 is 13.9 Å². The third-order valence-corrected chi connectivity index (χ3v) is 2.97. The van der Waals surface area contributed by atoms with Crippen LogP contribution in [0.2, 0.25) is 0 Å². The van der Waals surface area contributed by atoms with Crippen molar-refractivity contribution in [1.29, 1.82) is 0 Å². The normalized spacial score (nSPS) is 15.6. The van der Waals surface area contributed by atoms with Crippen molar-refractivity contribution in [1.82, 2.24) is 4.90 Å². The van der Waals surface area contributed by atoms with E-state index in [4.69, 9.17) is 4.74 Å². The average Bonchev–Trinajstić information content (AvgIpc) is 2.42. The molecule has 0 spiro atoms. The molecule has 0 N–H and O–H groups in total. The summed E-state index contributed by atoms with van der Waals surface area (Å²) < 4.78 is 18.9. The molecular weight excluding hydrogens is 235 g/mol. The molecule has 0 bridgehead atoms. The standard InChI is InChI=1S/C13H17FN2O2/c1-2-16(12-6-4-3-5-11(12)14)13(17)15-7-9-18-10-8-15/h3-6H,2,7-10H2,1H3. The first kappa shape index (κ1) is 12.8. The number of anilines is 1. The molecule has 0 unspecified atom stereocenters. The number of hydrogen-bond donors (Lipinski definition) is 0. The van der Waals surface area contributed by atoms with Gasteiger partial charge in [-0.1, -0.05) is 12.1 Å². The van der Waals surface area contributed by atoms with Crippen molar-refractivity contribution in [2.24, 2.45) is 0 Å². The highest BCUT2D eigenvalue weighted by Gasteiger charge is 2.24. The lowest BCUT2D eigenvalue weighted by atomic mass is 10.2. The first-order valence-electron chi connectivity index (χ1n) is 6.12. The lowest BCUT2D eigenvalue weighted by molar-refractivity contribution is 0.0549. The van der Waals surface area contributed by atoms with Crippen LogP contribution in [-0.2, 0) is 4.74 Å². The smallest absolute Gasteiger partial charge is 0.324 e. The molecule has 98 valence electrons.